The molecule has 2 aromatic rings. The van der Waals surface area contributed by atoms with E-state index < -0.39 is 15.9 Å². The number of hydrogen-bond donors (Lipinski definition) is 1. The maximum atomic E-state index is 12.5. The van der Waals surface area contributed by atoms with E-state index in [1.807, 2.05) is 0 Å². The van der Waals surface area contributed by atoms with E-state index in [1.54, 1.807) is 12.1 Å². The number of benzene rings is 1. The molecule has 1 amide bonds. The average molecular weight is 349 g/mol. The molecule has 6 nitrogen and oxygen atoms in total. The zero-order chi connectivity index (χ0) is 16.0. The molecular weight excluding hydrogens is 334 g/mol. The minimum Gasteiger partial charge on any atom is -0.269 e. The summed E-state index contributed by atoms with van der Waals surface area (Å²) < 4.78 is 35.1. The van der Waals surface area contributed by atoms with E-state index in [4.69, 9.17) is 0 Å². The van der Waals surface area contributed by atoms with E-state index in [0.717, 1.165) is 43.0 Å². The Morgan fingerprint density at radius 3 is 2.52 bits per heavy atom. The van der Waals surface area contributed by atoms with Gasteiger partial charge in [0.15, 0.2) is 0 Å². The largest absolute Gasteiger partial charge is 0.269 e. The number of hydrogen-bond acceptors (Lipinski definition) is 6. The number of nitrogens with zero attached hydrogens (tertiary/aromatic N) is 2. The van der Waals surface area contributed by atoms with Crippen molar-refractivity contribution in [3.63, 3.8) is 0 Å². The second kappa shape index (κ2) is 5.38. The SMILES string of the molecule is O=C(C=C(C1CC1)C1CC1)NS(=O)(=O)c1cccc2nsnc12. The number of carbonyl (C=O) groups is 1. The maximum absolute atomic E-state index is 12.5. The Balaban J connectivity index is 1.61. The van der Waals surface area contributed by atoms with Crippen molar-refractivity contribution in [1.29, 1.82) is 0 Å². The van der Waals surface area contributed by atoms with Gasteiger partial charge in [-0.05, 0) is 49.7 Å². The number of allylic oxidation sites excluding steroid dienone is 1. The molecule has 2 fully saturated rings. The van der Waals surface area contributed by atoms with Crippen molar-refractivity contribution in [2.24, 2.45) is 11.8 Å². The quantitative estimate of drug-likeness (QED) is 0.836. The molecule has 2 aliphatic carbocycles. The van der Waals surface area contributed by atoms with Crippen molar-refractivity contribution < 1.29 is 13.2 Å². The molecule has 0 unspecified atom stereocenters. The van der Waals surface area contributed by atoms with E-state index in [0.29, 0.717) is 22.9 Å². The highest BCUT2D eigenvalue weighted by Gasteiger charge is 2.37. The fraction of sp³-hybridized carbons (Fsp3) is 0.400. The van der Waals surface area contributed by atoms with Gasteiger partial charge in [0, 0.05) is 6.08 Å². The fourth-order valence-corrected chi connectivity index (χ4v) is 4.47. The summed E-state index contributed by atoms with van der Waals surface area (Å²) in [6.07, 6.45) is 5.91. The normalized spacial score (nSPS) is 17.9. The number of sulfonamides is 1. The van der Waals surface area contributed by atoms with Crippen molar-refractivity contribution in [3.05, 3.63) is 29.8 Å². The molecule has 8 heteroatoms. The van der Waals surface area contributed by atoms with E-state index in [2.05, 4.69) is 13.5 Å². The Kier molecular flexibility index (Phi) is 3.46. The molecule has 0 bridgehead atoms. The van der Waals surface area contributed by atoms with Crippen LogP contribution in [0.5, 0.6) is 0 Å². The minimum atomic E-state index is -3.95. The first-order valence-electron chi connectivity index (χ1n) is 7.54. The van der Waals surface area contributed by atoms with Crippen LogP contribution in [0.2, 0.25) is 0 Å². The van der Waals surface area contributed by atoms with Gasteiger partial charge in [-0.1, -0.05) is 11.6 Å². The monoisotopic (exact) mass is 349 g/mol. The van der Waals surface area contributed by atoms with E-state index in [9.17, 15) is 13.2 Å². The molecular formula is C15H15N3O3S2. The van der Waals surface area contributed by atoms with Crippen LogP contribution in [0.1, 0.15) is 25.7 Å². The predicted molar refractivity (Wildman–Crippen MR) is 86.3 cm³/mol. The molecule has 0 spiro atoms. The zero-order valence-corrected chi connectivity index (χ0v) is 13.9. The minimum absolute atomic E-state index is 0.00936. The van der Waals surface area contributed by atoms with Crippen LogP contribution < -0.4 is 4.72 Å². The second-order valence-electron chi connectivity index (χ2n) is 6.05. The second-order valence-corrected chi connectivity index (χ2v) is 8.23. The Hall–Kier alpha value is -1.80. The van der Waals surface area contributed by atoms with Gasteiger partial charge in [-0.2, -0.15) is 8.75 Å². The summed E-state index contributed by atoms with van der Waals surface area (Å²) in [5.41, 5.74) is 1.93. The van der Waals surface area contributed by atoms with Crippen LogP contribution in [0.4, 0.5) is 0 Å². The van der Waals surface area contributed by atoms with Crippen molar-refractivity contribution in [2.75, 3.05) is 0 Å². The third-order valence-corrected chi connectivity index (χ3v) is 6.09. The van der Waals surface area contributed by atoms with Gasteiger partial charge in [0.25, 0.3) is 15.9 Å². The summed E-state index contributed by atoms with van der Waals surface area (Å²) in [4.78, 5) is 12.2. The molecule has 1 aromatic carbocycles. The number of amides is 1. The van der Waals surface area contributed by atoms with E-state index in [1.165, 1.54) is 12.1 Å². The Bertz CT molecular complexity index is 895. The van der Waals surface area contributed by atoms with E-state index >= 15 is 0 Å². The number of carbonyl (C=O) groups excluding carboxylic acids is 1. The van der Waals surface area contributed by atoms with Crippen molar-refractivity contribution in [3.8, 4) is 0 Å². The lowest BCUT2D eigenvalue weighted by atomic mass is 10.1. The van der Waals surface area contributed by atoms with Gasteiger partial charge in [-0.15, -0.1) is 0 Å². The number of rotatable bonds is 5. The van der Waals surface area contributed by atoms with Gasteiger partial charge >= 0.3 is 0 Å². The third kappa shape index (κ3) is 3.00. The molecule has 0 atom stereocenters. The Labute approximate surface area is 138 Å². The first-order valence-corrected chi connectivity index (χ1v) is 9.75. The van der Waals surface area contributed by atoms with Crippen LogP contribution in [0.15, 0.2) is 34.7 Å². The maximum Gasteiger partial charge on any atom is 0.266 e. The number of fused-ring (bicyclic) bond motifs is 1. The molecule has 2 saturated carbocycles. The highest BCUT2D eigenvalue weighted by atomic mass is 32.2. The van der Waals surface area contributed by atoms with Crippen molar-refractivity contribution in [2.45, 2.75) is 30.6 Å². The topological polar surface area (TPSA) is 89.0 Å². The molecule has 0 aliphatic heterocycles. The Morgan fingerprint density at radius 1 is 1.17 bits per heavy atom. The van der Waals surface area contributed by atoms with Crippen LogP contribution >= 0.6 is 11.7 Å². The highest BCUT2D eigenvalue weighted by molar-refractivity contribution is 7.90. The molecule has 0 saturated heterocycles. The van der Waals surface area contributed by atoms with Gasteiger partial charge in [-0.25, -0.2) is 13.1 Å². The van der Waals surface area contributed by atoms with E-state index in [-0.39, 0.29) is 4.90 Å². The molecule has 23 heavy (non-hydrogen) atoms. The molecule has 1 aromatic heterocycles. The predicted octanol–water partition coefficient (Wildman–Crippen LogP) is 2.24. The molecule has 4 rings (SSSR count). The average Bonchev–Trinajstić information content (AvgIpc) is 3.41. The molecule has 1 heterocycles. The van der Waals surface area contributed by atoms with Crippen LogP contribution in [0.3, 0.4) is 0 Å². The molecule has 0 radical (unpaired) electrons. The summed E-state index contributed by atoms with van der Waals surface area (Å²) in [5, 5.41) is 0. The van der Waals surface area contributed by atoms with Crippen molar-refractivity contribution >= 4 is 38.7 Å². The lowest BCUT2D eigenvalue weighted by molar-refractivity contribution is -0.114. The summed E-state index contributed by atoms with van der Waals surface area (Å²) in [6, 6.07) is 4.72. The zero-order valence-electron chi connectivity index (χ0n) is 12.2. The molecule has 1 N–H and O–H groups in total. The van der Waals surface area contributed by atoms with Gasteiger partial charge in [0.05, 0.1) is 11.7 Å². The smallest absolute Gasteiger partial charge is 0.266 e. The van der Waals surface area contributed by atoms with Crippen LogP contribution in [-0.2, 0) is 14.8 Å². The number of aromatic nitrogens is 2. The van der Waals surface area contributed by atoms with Crippen molar-refractivity contribution in [1.82, 2.24) is 13.5 Å². The van der Waals surface area contributed by atoms with Gasteiger partial charge in [0.1, 0.15) is 15.9 Å². The summed E-state index contributed by atoms with van der Waals surface area (Å²) in [6.45, 7) is 0. The first kappa shape index (κ1) is 14.8. The molecule has 120 valence electrons. The van der Waals surface area contributed by atoms with Crippen LogP contribution in [0.25, 0.3) is 11.0 Å². The van der Waals surface area contributed by atoms with Crippen LogP contribution in [0, 0.1) is 11.8 Å². The summed E-state index contributed by atoms with van der Waals surface area (Å²) >= 11 is 0.948. The standard InChI is InChI=1S/C15H15N3O3S2/c19-14(8-11(9-4-5-9)10-6-7-10)18-23(20,21)13-3-1-2-12-15(13)17-22-16-12/h1-3,8-10H,4-7H2,(H,18,19). The number of nitrogens with one attached hydrogen (secondary N) is 1. The molecule has 2 aliphatic rings. The third-order valence-electron chi connectivity index (χ3n) is 4.17. The van der Waals surface area contributed by atoms with Gasteiger partial charge in [0.2, 0.25) is 0 Å². The van der Waals surface area contributed by atoms with Crippen LogP contribution in [-0.4, -0.2) is 23.1 Å². The summed E-state index contributed by atoms with van der Waals surface area (Å²) in [7, 11) is -3.95. The fourth-order valence-electron chi connectivity index (χ4n) is 2.77. The Morgan fingerprint density at radius 2 is 1.87 bits per heavy atom. The highest BCUT2D eigenvalue weighted by Crippen LogP contribution is 2.48. The summed E-state index contributed by atoms with van der Waals surface area (Å²) in [5.74, 6) is 0.378. The lowest BCUT2D eigenvalue weighted by Crippen LogP contribution is -2.29. The van der Waals surface area contributed by atoms with Gasteiger partial charge < -0.3 is 0 Å². The lowest BCUT2D eigenvalue weighted by Gasteiger charge is -2.07. The van der Waals surface area contributed by atoms with Gasteiger partial charge in [-0.3, -0.25) is 4.79 Å². The first-order chi connectivity index (χ1) is 11.0.